The van der Waals surface area contributed by atoms with Crippen molar-refractivity contribution in [2.75, 3.05) is 11.9 Å². The van der Waals surface area contributed by atoms with Crippen LogP contribution in [-0.2, 0) is 4.79 Å². The first kappa shape index (κ1) is 18.4. The first-order valence-electron chi connectivity index (χ1n) is 8.79. The number of aryl methyl sites for hydroxylation is 2. The molecule has 0 atom stereocenters. The lowest BCUT2D eigenvalue weighted by Gasteiger charge is -2.08. The van der Waals surface area contributed by atoms with Crippen molar-refractivity contribution in [1.82, 2.24) is 0 Å². The number of hydrogen-bond donors (Lipinski definition) is 1. The van der Waals surface area contributed by atoms with Crippen molar-refractivity contribution in [2.24, 2.45) is 4.99 Å². The largest absolute Gasteiger partial charge is 0.484 e. The van der Waals surface area contributed by atoms with Gasteiger partial charge in [-0.3, -0.25) is 9.79 Å². The molecule has 3 aromatic rings. The van der Waals surface area contributed by atoms with E-state index in [-0.39, 0.29) is 12.5 Å². The van der Waals surface area contributed by atoms with Gasteiger partial charge in [-0.2, -0.15) is 0 Å². The number of anilines is 1. The average Bonchev–Trinajstić information content (AvgIpc) is 2.68. The van der Waals surface area contributed by atoms with Crippen LogP contribution in [0.4, 0.5) is 11.4 Å². The van der Waals surface area contributed by atoms with Crippen LogP contribution in [0.1, 0.15) is 16.7 Å². The van der Waals surface area contributed by atoms with E-state index in [1.165, 1.54) is 5.56 Å². The molecular weight excluding hydrogens is 336 g/mol. The molecule has 0 saturated heterocycles. The number of carbonyl (C=O) groups is 1. The molecule has 0 aromatic heterocycles. The maximum Gasteiger partial charge on any atom is 0.262 e. The molecule has 0 bridgehead atoms. The molecule has 3 rings (SSSR count). The van der Waals surface area contributed by atoms with Crippen LogP contribution in [0.15, 0.2) is 77.8 Å². The van der Waals surface area contributed by atoms with E-state index < -0.39 is 0 Å². The molecule has 0 aliphatic rings. The molecule has 1 N–H and O–H groups in total. The van der Waals surface area contributed by atoms with Gasteiger partial charge in [0.1, 0.15) is 5.75 Å². The lowest BCUT2D eigenvalue weighted by molar-refractivity contribution is -0.118. The van der Waals surface area contributed by atoms with E-state index in [1.54, 1.807) is 6.21 Å². The van der Waals surface area contributed by atoms with E-state index >= 15 is 0 Å². The zero-order valence-electron chi connectivity index (χ0n) is 15.5. The number of carbonyl (C=O) groups excluding carboxylic acids is 1. The highest BCUT2D eigenvalue weighted by atomic mass is 16.5. The Morgan fingerprint density at radius 3 is 2.11 bits per heavy atom. The summed E-state index contributed by atoms with van der Waals surface area (Å²) in [6.07, 6.45) is 1.80. The van der Waals surface area contributed by atoms with Crippen molar-refractivity contribution >= 4 is 23.5 Å². The van der Waals surface area contributed by atoms with Gasteiger partial charge in [-0.1, -0.05) is 35.4 Å². The van der Waals surface area contributed by atoms with E-state index in [0.29, 0.717) is 5.75 Å². The predicted molar refractivity (Wildman–Crippen MR) is 110 cm³/mol. The Morgan fingerprint density at radius 2 is 1.48 bits per heavy atom. The topological polar surface area (TPSA) is 50.7 Å². The minimum Gasteiger partial charge on any atom is -0.484 e. The summed E-state index contributed by atoms with van der Waals surface area (Å²) in [5.41, 5.74) is 5.00. The van der Waals surface area contributed by atoms with Crippen LogP contribution in [-0.4, -0.2) is 18.7 Å². The second-order valence-corrected chi connectivity index (χ2v) is 6.37. The Morgan fingerprint density at radius 1 is 0.889 bits per heavy atom. The van der Waals surface area contributed by atoms with Crippen molar-refractivity contribution in [2.45, 2.75) is 13.8 Å². The van der Waals surface area contributed by atoms with Gasteiger partial charge in [0, 0.05) is 11.9 Å². The summed E-state index contributed by atoms with van der Waals surface area (Å²) in [7, 11) is 0. The standard InChI is InChI=1S/C23H22N2O2/c1-17-3-9-20(10-4-17)24-15-19-7-13-22(14-8-19)27-16-23(26)25-21-11-5-18(2)6-12-21/h3-15H,16H2,1-2H3,(H,25,26). The quantitative estimate of drug-likeness (QED) is 0.625. The number of aliphatic imine (C=N–C) groups is 1. The van der Waals surface area contributed by atoms with Crippen molar-refractivity contribution < 1.29 is 9.53 Å². The highest BCUT2D eigenvalue weighted by Gasteiger charge is 2.03. The smallest absolute Gasteiger partial charge is 0.262 e. The Labute approximate surface area is 159 Å². The van der Waals surface area contributed by atoms with Gasteiger partial charge in [-0.05, 0) is 67.9 Å². The molecule has 0 fully saturated rings. The molecule has 0 aliphatic heterocycles. The number of ether oxygens (including phenoxy) is 1. The number of rotatable bonds is 6. The van der Waals surface area contributed by atoms with Gasteiger partial charge in [0.25, 0.3) is 5.91 Å². The summed E-state index contributed by atoms with van der Waals surface area (Å²) in [5, 5.41) is 2.81. The van der Waals surface area contributed by atoms with Crippen LogP contribution in [0.25, 0.3) is 0 Å². The van der Waals surface area contributed by atoms with E-state index in [1.807, 2.05) is 86.6 Å². The molecule has 4 nitrogen and oxygen atoms in total. The maximum absolute atomic E-state index is 12.0. The van der Waals surface area contributed by atoms with Gasteiger partial charge < -0.3 is 10.1 Å². The highest BCUT2D eigenvalue weighted by Crippen LogP contribution is 2.15. The number of nitrogens with zero attached hydrogens (tertiary/aromatic N) is 1. The normalized spacial score (nSPS) is 10.7. The van der Waals surface area contributed by atoms with Gasteiger partial charge >= 0.3 is 0 Å². The molecule has 3 aromatic carbocycles. The number of nitrogens with one attached hydrogen (secondary N) is 1. The molecule has 0 aliphatic carbocycles. The van der Waals surface area contributed by atoms with Crippen molar-refractivity contribution in [3.05, 3.63) is 89.5 Å². The van der Waals surface area contributed by atoms with E-state index in [4.69, 9.17) is 4.74 Å². The molecule has 4 heteroatoms. The molecule has 0 heterocycles. The summed E-state index contributed by atoms with van der Waals surface area (Å²) >= 11 is 0. The van der Waals surface area contributed by atoms with Gasteiger partial charge in [0.15, 0.2) is 6.61 Å². The van der Waals surface area contributed by atoms with Crippen LogP contribution < -0.4 is 10.1 Å². The van der Waals surface area contributed by atoms with Crippen LogP contribution in [0.3, 0.4) is 0 Å². The Kier molecular flexibility index (Phi) is 6.00. The monoisotopic (exact) mass is 358 g/mol. The van der Waals surface area contributed by atoms with Gasteiger partial charge in [0.2, 0.25) is 0 Å². The van der Waals surface area contributed by atoms with E-state index in [9.17, 15) is 4.79 Å². The molecule has 0 saturated carbocycles. The van der Waals surface area contributed by atoms with Crippen LogP contribution >= 0.6 is 0 Å². The Bertz CT molecular complexity index is 912. The molecular formula is C23H22N2O2. The molecule has 0 radical (unpaired) electrons. The van der Waals surface area contributed by atoms with E-state index in [2.05, 4.69) is 10.3 Å². The third-order valence-corrected chi connectivity index (χ3v) is 3.98. The van der Waals surface area contributed by atoms with Gasteiger partial charge in [-0.15, -0.1) is 0 Å². The fourth-order valence-electron chi connectivity index (χ4n) is 2.41. The third-order valence-electron chi connectivity index (χ3n) is 3.98. The summed E-state index contributed by atoms with van der Waals surface area (Å²) in [5.74, 6) is 0.449. The van der Waals surface area contributed by atoms with Crippen LogP contribution in [0, 0.1) is 13.8 Å². The first-order valence-corrected chi connectivity index (χ1v) is 8.79. The first-order chi connectivity index (χ1) is 13.1. The highest BCUT2D eigenvalue weighted by molar-refractivity contribution is 5.91. The minimum absolute atomic E-state index is 0.0370. The fourth-order valence-corrected chi connectivity index (χ4v) is 2.41. The van der Waals surface area contributed by atoms with Crippen LogP contribution in [0.5, 0.6) is 5.75 Å². The number of amides is 1. The van der Waals surface area contributed by atoms with Crippen molar-refractivity contribution in [3.63, 3.8) is 0 Å². The average molecular weight is 358 g/mol. The van der Waals surface area contributed by atoms with Crippen molar-refractivity contribution in [3.8, 4) is 5.75 Å². The maximum atomic E-state index is 12.0. The molecule has 27 heavy (non-hydrogen) atoms. The molecule has 1 amide bonds. The Hall–Kier alpha value is -3.40. The molecule has 0 unspecified atom stereocenters. The fraction of sp³-hybridized carbons (Fsp3) is 0.130. The Balaban J connectivity index is 1.50. The number of benzene rings is 3. The zero-order valence-corrected chi connectivity index (χ0v) is 15.5. The zero-order chi connectivity index (χ0) is 19.1. The molecule has 136 valence electrons. The summed E-state index contributed by atoms with van der Waals surface area (Å²) in [6, 6.07) is 23.1. The summed E-state index contributed by atoms with van der Waals surface area (Å²) < 4.78 is 5.54. The SMILES string of the molecule is Cc1ccc(N=Cc2ccc(OCC(=O)Nc3ccc(C)cc3)cc2)cc1. The minimum atomic E-state index is -0.191. The number of hydrogen-bond acceptors (Lipinski definition) is 3. The van der Waals surface area contributed by atoms with Gasteiger partial charge in [-0.25, -0.2) is 0 Å². The molecule has 0 spiro atoms. The van der Waals surface area contributed by atoms with Gasteiger partial charge in [0.05, 0.1) is 5.69 Å². The predicted octanol–water partition coefficient (Wildman–Crippen LogP) is 5.07. The summed E-state index contributed by atoms with van der Waals surface area (Å²) in [6.45, 7) is 4.02. The second kappa shape index (κ2) is 8.81. The van der Waals surface area contributed by atoms with Crippen molar-refractivity contribution in [1.29, 1.82) is 0 Å². The van der Waals surface area contributed by atoms with Crippen LogP contribution in [0.2, 0.25) is 0 Å². The summed E-state index contributed by atoms with van der Waals surface area (Å²) in [4.78, 5) is 16.4. The third kappa shape index (κ3) is 5.82. The van der Waals surface area contributed by atoms with E-state index in [0.717, 1.165) is 22.5 Å². The lowest BCUT2D eigenvalue weighted by Crippen LogP contribution is -2.20. The lowest BCUT2D eigenvalue weighted by atomic mass is 10.2. The second-order valence-electron chi connectivity index (χ2n) is 6.37.